The van der Waals surface area contributed by atoms with E-state index in [0.717, 1.165) is 16.6 Å². The summed E-state index contributed by atoms with van der Waals surface area (Å²) in [6.45, 7) is 4.21. The Hall–Kier alpha value is 0.800. The van der Waals surface area contributed by atoms with Crippen LogP contribution in [-0.4, -0.2) is 7.44 Å². The van der Waals surface area contributed by atoms with Crippen LogP contribution in [0.4, 0.5) is 0 Å². The van der Waals surface area contributed by atoms with Crippen LogP contribution in [0.25, 0.3) is 0 Å². The van der Waals surface area contributed by atoms with Crippen LogP contribution in [0.2, 0.25) is 0 Å². The van der Waals surface area contributed by atoms with Crippen molar-refractivity contribution >= 4 is 52.6 Å². The van der Waals surface area contributed by atoms with Crippen LogP contribution in [0, 0.1) is 22.7 Å². The third-order valence-corrected chi connectivity index (χ3v) is 3.22. The van der Waals surface area contributed by atoms with Crippen molar-refractivity contribution in [3.05, 3.63) is 0 Å². The maximum absolute atomic E-state index is 7.41. The van der Waals surface area contributed by atoms with Crippen molar-refractivity contribution in [1.82, 2.24) is 0 Å². The summed E-state index contributed by atoms with van der Waals surface area (Å²) >= 11 is 4.11. The lowest BCUT2D eigenvalue weighted by Gasteiger charge is -2.14. The third kappa shape index (κ3) is 6.33. The smallest absolute Gasteiger partial charge is 0.0722 e. The molecule has 12 heavy (non-hydrogen) atoms. The van der Waals surface area contributed by atoms with Gasteiger partial charge < -0.3 is 0 Å². The first-order chi connectivity index (χ1) is 5.43. The molecule has 0 amide bonds. The van der Waals surface area contributed by atoms with Gasteiger partial charge in [-0.15, -0.1) is 0 Å². The molecule has 70 valence electrons. The summed E-state index contributed by atoms with van der Waals surface area (Å²) in [6, 6.07) is 0. The first-order valence-corrected chi connectivity index (χ1v) is 6.06. The lowest BCUT2D eigenvalue weighted by Crippen LogP contribution is -2.09. The van der Waals surface area contributed by atoms with E-state index in [1.165, 1.54) is 0 Å². The zero-order chi connectivity index (χ0) is 9.72. The van der Waals surface area contributed by atoms with Gasteiger partial charge in [-0.1, -0.05) is 13.8 Å². The van der Waals surface area contributed by atoms with Gasteiger partial charge in [0.25, 0.3) is 0 Å². The molecule has 0 saturated carbocycles. The van der Waals surface area contributed by atoms with E-state index in [1.807, 2.05) is 22.6 Å². The molecule has 2 unspecified atom stereocenters. The second kappa shape index (κ2) is 6.28. The van der Waals surface area contributed by atoms with Gasteiger partial charge >= 0.3 is 0 Å². The van der Waals surface area contributed by atoms with Gasteiger partial charge in [0, 0.05) is 5.92 Å². The number of rotatable bonds is 5. The van der Waals surface area contributed by atoms with Gasteiger partial charge in [-0.25, -0.2) is 0 Å². The Kier molecular flexibility index (Phi) is 6.70. The Morgan fingerprint density at radius 2 is 1.75 bits per heavy atom. The lowest BCUT2D eigenvalue weighted by atomic mass is 9.96. The molecule has 0 aromatic rings. The first-order valence-electron chi connectivity index (χ1n) is 3.90. The summed E-state index contributed by atoms with van der Waals surface area (Å²) < 4.78 is 1.44. The minimum Gasteiger partial charge on any atom is -0.299 e. The van der Waals surface area contributed by atoms with Gasteiger partial charge in [-0.3, -0.25) is 10.8 Å². The van der Waals surface area contributed by atoms with E-state index < -0.39 is 0 Å². The summed E-state index contributed by atoms with van der Waals surface area (Å²) in [5, 5.41) is 14.7. The Balaban J connectivity index is 3.76. The minimum absolute atomic E-state index is 0.358. The Bertz CT molecular complexity index is 180. The van der Waals surface area contributed by atoms with E-state index in [-0.39, 0.29) is 0 Å². The van der Waals surface area contributed by atoms with Crippen LogP contribution in [0.3, 0.4) is 0 Å². The van der Waals surface area contributed by atoms with Gasteiger partial charge in [-0.2, -0.15) is 0 Å². The molecule has 0 aliphatic rings. The van der Waals surface area contributed by atoms with Crippen LogP contribution in [0.5, 0.6) is 0 Å². The Morgan fingerprint density at radius 3 is 2.08 bits per heavy atom. The summed E-state index contributed by atoms with van der Waals surface area (Å²) in [5.41, 5.74) is 0. The highest BCUT2D eigenvalue weighted by molar-refractivity contribution is 14.1. The molecule has 2 N–H and O–H groups in total. The number of hydrogen-bond donors (Lipinski definition) is 2. The number of halogens is 2. The van der Waals surface area contributed by atoms with Gasteiger partial charge in [0.15, 0.2) is 0 Å². The minimum atomic E-state index is 0.358. The van der Waals surface area contributed by atoms with Crippen molar-refractivity contribution < 1.29 is 0 Å². The fourth-order valence-electron chi connectivity index (χ4n) is 1.10. The van der Waals surface area contributed by atoms with Gasteiger partial charge in [0.05, 0.1) is 7.44 Å². The van der Waals surface area contributed by atoms with Crippen molar-refractivity contribution in [2.24, 2.45) is 11.8 Å². The van der Waals surface area contributed by atoms with Gasteiger partial charge in [0.1, 0.15) is 0 Å². The summed E-state index contributed by atoms with van der Waals surface area (Å²) in [5.74, 6) is 0.885. The van der Waals surface area contributed by atoms with Crippen LogP contribution in [-0.2, 0) is 0 Å². The molecule has 2 nitrogen and oxygen atoms in total. The van der Waals surface area contributed by atoms with Crippen LogP contribution in [0.1, 0.15) is 26.7 Å². The van der Waals surface area contributed by atoms with Gasteiger partial charge in [-0.05, 0) is 63.9 Å². The molecule has 0 aliphatic carbocycles. The molecule has 0 heterocycles. The molecule has 4 heteroatoms. The summed E-state index contributed by atoms with van der Waals surface area (Å²) in [6.07, 6.45) is 1.88. The van der Waals surface area contributed by atoms with Gasteiger partial charge in [0.2, 0.25) is 0 Å². The molecule has 0 aromatic carbocycles. The number of nitrogens with one attached hydrogen (secondary N) is 2. The number of hydrogen-bond acceptors (Lipinski definition) is 2. The predicted octanol–water partition coefficient (Wildman–Crippen LogP) is 3.86. The maximum atomic E-state index is 7.41. The quantitative estimate of drug-likeness (QED) is 0.528. The average molecular weight is 392 g/mol. The average Bonchev–Trinajstić information content (AvgIpc) is 1.84. The van der Waals surface area contributed by atoms with Crippen LogP contribution in [0.15, 0.2) is 0 Å². The third-order valence-electron chi connectivity index (χ3n) is 1.72. The molecule has 0 spiro atoms. The van der Waals surface area contributed by atoms with Crippen LogP contribution >= 0.6 is 45.2 Å². The SMILES string of the molecule is CC(CC(=N)I)CC(C)C(=N)I. The second-order valence-electron chi connectivity index (χ2n) is 3.20. The standard InChI is InChI=1S/C8H14I2N2/c1-5(4-7(9)11)3-6(2)8(10)12/h5-6,11-12H,3-4H2,1-2H3. The molecule has 0 aliphatic heterocycles. The van der Waals surface area contributed by atoms with Crippen molar-refractivity contribution in [3.63, 3.8) is 0 Å². The molecule has 0 bridgehead atoms. The Morgan fingerprint density at radius 1 is 1.25 bits per heavy atom. The monoisotopic (exact) mass is 392 g/mol. The van der Waals surface area contributed by atoms with Crippen molar-refractivity contribution in [3.8, 4) is 0 Å². The summed E-state index contributed by atoms with van der Waals surface area (Å²) in [7, 11) is 0. The zero-order valence-corrected chi connectivity index (χ0v) is 11.6. The zero-order valence-electron chi connectivity index (χ0n) is 7.32. The molecular formula is C8H14I2N2. The Labute approximate surface area is 101 Å². The van der Waals surface area contributed by atoms with Crippen LogP contribution < -0.4 is 0 Å². The summed E-state index contributed by atoms with van der Waals surface area (Å²) in [4.78, 5) is 0. The highest BCUT2D eigenvalue weighted by atomic mass is 127. The van der Waals surface area contributed by atoms with E-state index in [1.54, 1.807) is 0 Å². The topological polar surface area (TPSA) is 47.7 Å². The fraction of sp³-hybridized carbons (Fsp3) is 0.750. The molecule has 0 saturated heterocycles. The van der Waals surface area contributed by atoms with E-state index >= 15 is 0 Å². The highest BCUT2D eigenvalue weighted by Gasteiger charge is 2.11. The van der Waals surface area contributed by atoms with Crippen molar-refractivity contribution in [2.45, 2.75) is 26.7 Å². The maximum Gasteiger partial charge on any atom is 0.0722 e. The second-order valence-corrected chi connectivity index (χ2v) is 5.66. The van der Waals surface area contributed by atoms with E-state index in [4.69, 9.17) is 10.8 Å². The van der Waals surface area contributed by atoms with Crippen molar-refractivity contribution in [2.75, 3.05) is 0 Å². The highest BCUT2D eigenvalue weighted by Crippen LogP contribution is 2.19. The molecule has 0 radical (unpaired) electrons. The fourth-order valence-corrected chi connectivity index (χ4v) is 2.10. The molecule has 0 rings (SSSR count). The lowest BCUT2D eigenvalue weighted by molar-refractivity contribution is 0.502. The largest absolute Gasteiger partial charge is 0.299 e. The molecular weight excluding hydrogens is 378 g/mol. The van der Waals surface area contributed by atoms with E-state index in [9.17, 15) is 0 Å². The first kappa shape index (κ1) is 12.8. The molecule has 2 atom stereocenters. The van der Waals surface area contributed by atoms with E-state index in [2.05, 4.69) is 36.4 Å². The molecule has 0 aromatic heterocycles. The van der Waals surface area contributed by atoms with Crippen molar-refractivity contribution in [1.29, 1.82) is 10.8 Å². The molecule has 0 fully saturated rings. The normalized spacial score (nSPS) is 15.3. The van der Waals surface area contributed by atoms with E-state index in [0.29, 0.717) is 15.6 Å². The predicted molar refractivity (Wildman–Crippen MR) is 71.1 cm³/mol.